The van der Waals surface area contributed by atoms with Gasteiger partial charge in [0.2, 0.25) is 10.0 Å². The fourth-order valence-electron chi connectivity index (χ4n) is 2.49. The van der Waals surface area contributed by atoms with E-state index in [1.54, 1.807) is 0 Å². The summed E-state index contributed by atoms with van der Waals surface area (Å²) in [5, 5.41) is 0. The lowest BCUT2D eigenvalue weighted by atomic mass is 10.1. The molecule has 1 aliphatic heterocycles. The van der Waals surface area contributed by atoms with Crippen LogP contribution >= 0.6 is 12.4 Å². The highest BCUT2D eigenvalue weighted by Crippen LogP contribution is 2.15. The molecule has 1 fully saturated rings. The molecule has 1 heterocycles. The van der Waals surface area contributed by atoms with Gasteiger partial charge in [0.05, 0.1) is 4.90 Å². The van der Waals surface area contributed by atoms with Crippen LogP contribution in [0.1, 0.15) is 26.2 Å². The normalized spacial score (nSPS) is 17.4. The number of nitrogens with one attached hydrogen (secondary N) is 1. The van der Waals surface area contributed by atoms with Crippen LogP contribution in [0.2, 0.25) is 0 Å². The summed E-state index contributed by atoms with van der Waals surface area (Å²) in [7, 11) is -3.54. The molecule has 0 aliphatic carbocycles. The summed E-state index contributed by atoms with van der Waals surface area (Å²) < 4.78 is 39.9. The van der Waals surface area contributed by atoms with Crippen molar-refractivity contribution >= 4 is 22.4 Å². The first-order valence-corrected chi connectivity index (χ1v) is 8.50. The number of nitrogens with zero attached hydrogens (tertiary/aromatic N) is 1. The summed E-state index contributed by atoms with van der Waals surface area (Å²) in [4.78, 5) is 2.47. The number of halogens is 2. The summed E-state index contributed by atoms with van der Waals surface area (Å²) >= 11 is 0. The summed E-state index contributed by atoms with van der Waals surface area (Å²) in [5.41, 5.74) is 0. The fourth-order valence-corrected chi connectivity index (χ4v) is 3.80. The number of hydrogen-bond acceptors (Lipinski definition) is 3. The van der Waals surface area contributed by atoms with Gasteiger partial charge in [-0.1, -0.05) is 6.92 Å². The van der Waals surface area contributed by atoms with Crippen molar-refractivity contribution in [1.82, 2.24) is 9.62 Å². The number of piperidine rings is 1. The van der Waals surface area contributed by atoms with Crippen LogP contribution in [0.5, 0.6) is 0 Å². The Kier molecular flexibility index (Phi) is 7.06. The van der Waals surface area contributed by atoms with Crippen LogP contribution in [0.4, 0.5) is 4.39 Å². The Balaban J connectivity index is 0.00000220. The highest BCUT2D eigenvalue weighted by Gasteiger charge is 2.24. The van der Waals surface area contributed by atoms with Crippen molar-refractivity contribution in [2.24, 2.45) is 0 Å². The zero-order valence-electron chi connectivity index (χ0n) is 12.1. The molecule has 0 bridgehead atoms. The molecule has 1 aromatic carbocycles. The van der Waals surface area contributed by atoms with E-state index in [0.29, 0.717) is 0 Å². The molecule has 0 atom stereocenters. The van der Waals surface area contributed by atoms with Crippen molar-refractivity contribution in [2.45, 2.75) is 37.1 Å². The van der Waals surface area contributed by atoms with E-state index in [1.165, 1.54) is 24.3 Å². The quantitative estimate of drug-likeness (QED) is 0.898. The van der Waals surface area contributed by atoms with Crippen LogP contribution in [0.15, 0.2) is 29.2 Å². The minimum absolute atomic E-state index is 0. The standard InChI is InChI=1S/C14H21FN2O2S.ClH/c1-2-9-17-10-7-13(8-11-17)16-20(18,19)14-5-3-12(15)4-6-14;/h3-6,13,16H,2,7-11H2,1H3;1H. The lowest BCUT2D eigenvalue weighted by Crippen LogP contribution is -2.44. The monoisotopic (exact) mass is 336 g/mol. The van der Waals surface area contributed by atoms with Crippen LogP contribution < -0.4 is 4.72 Å². The lowest BCUT2D eigenvalue weighted by molar-refractivity contribution is 0.208. The molecule has 0 saturated carbocycles. The van der Waals surface area contributed by atoms with Crippen molar-refractivity contribution in [3.8, 4) is 0 Å². The third-order valence-electron chi connectivity index (χ3n) is 3.57. The van der Waals surface area contributed by atoms with Gasteiger partial charge in [0.15, 0.2) is 0 Å². The van der Waals surface area contributed by atoms with Crippen LogP contribution in [-0.4, -0.2) is 39.0 Å². The first-order valence-electron chi connectivity index (χ1n) is 7.01. The number of hydrogen-bond donors (Lipinski definition) is 1. The van der Waals surface area contributed by atoms with E-state index in [1.807, 2.05) is 0 Å². The van der Waals surface area contributed by atoms with Gasteiger partial charge in [-0.15, -0.1) is 12.4 Å². The van der Waals surface area contributed by atoms with Gasteiger partial charge in [-0.2, -0.15) is 0 Å². The van der Waals surface area contributed by atoms with E-state index >= 15 is 0 Å². The first-order chi connectivity index (χ1) is 9.51. The molecular formula is C14H22ClFN2O2S. The second kappa shape index (κ2) is 8.08. The van der Waals surface area contributed by atoms with Gasteiger partial charge in [-0.25, -0.2) is 17.5 Å². The third kappa shape index (κ3) is 5.21. The minimum Gasteiger partial charge on any atom is -0.303 e. The Morgan fingerprint density at radius 2 is 1.81 bits per heavy atom. The van der Waals surface area contributed by atoms with Crippen LogP contribution in [0.25, 0.3) is 0 Å². The summed E-state index contributed by atoms with van der Waals surface area (Å²) in [5.74, 6) is -0.433. The lowest BCUT2D eigenvalue weighted by Gasteiger charge is -2.31. The van der Waals surface area contributed by atoms with Crippen molar-refractivity contribution in [3.63, 3.8) is 0 Å². The molecule has 0 unspecified atom stereocenters. The van der Waals surface area contributed by atoms with Crippen LogP contribution in [0, 0.1) is 5.82 Å². The molecule has 4 nitrogen and oxygen atoms in total. The number of benzene rings is 1. The van der Waals surface area contributed by atoms with E-state index in [0.717, 1.165) is 38.9 Å². The minimum atomic E-state index is -3.54. The van der Waals surface area contributed by atoms with Gasteiger partial charge in [0, 0.05) is 6.04 Å². The SMILES string of the molecule is CCCN1CCC(NS(=O)(=O)c2ccc(F)cc2)CC1.Cl. The number of likely N-dealkylation sites (tertiary alicyclic amines) is 1. The number of rotatable bonds is 5. The molecule has 7 heteroatoms. The molecule has 1 aliphatic rings. The molecule has 0 spiro atoms. The zero-order valence-corrected chi connectivity index (χ0v) is 13.7. The van der Waals surface area contributed by atoms with E-state index in [9.17, 15) is 12.8 Å². The maximum absolute atomic E-state index is 12.8. The van der Waals surface area contributed by atoms with Gasteiger partial charge in [-0.3, -0.25) is 0 Å². The molecule has 1 saturated heterocycles. The van der Waals surface area contributed by atoms with E-state index in [-0.39, 0.29) is 23.3 Å². The van der Waals surface area contributed by atoms with Gasteiger partial charge < -0.3 is 4.90 Å². The Labute approximate surface area is 132 Å². The molecule has 21 heavy (non-hydrogen) atoms. The van der Waals surface area contributed by atoms with Crippen LogP contribution in [0.3, 0.4) is 0 Å². The Hall–Kier alpha value is -0.690. The maximum Gasteiger partial charge on any atom is 0.240 e. The second-order valence-corrected chi connectivity index (χ2v) is 6.91. The molecule has 0 amide bonds. The summed E-state index contributed by atoms with van der Waals surface area (Å²) in [6.07, 6.45) is 2.76. The summed E-state index contributed by atoms with van der Waals surface area (Å²) in [6.45, 7) is 5.05. The second-order valence-electron chi connectivity index (χ2n) is 5.19. The van der Waals surface area contributed by atoms with E-state index < -0.39 is 15.8 Å². The molecule has 0 radical (unpaired) electrons. The van der Waals surface area contributed by atoms with Gasteiger partial charge >= 0.3 is 0 Å². The van der Waals surface area contributed by atoms with Gasteiger partial charge in [-0.05, 0) is 63.2 Å². The average Bonchev–Trinajstić information content (AvgIpc) is 2.41. The Bertz CT molecular complexity index is 528. The summed E-state index contributed by atoms with van der Waals surface area (Å²) in [6, 6.07) is 4.89. The topological polar surface area (TPSA) is 49.4 Å². The number of sulfonamides is 1. The fraction of sp³-hybridized carbons (Fsp3) is 0.571. The molecule has 2 rings (SSSR count). The zero-order chi connectivity index (χ0) is 14.6. The molecule has 1 aromatic rings. The Morgan fingerprint density at radius 3 is 2.33 bits per heavy atom. The predicted octanol–water partition coefficient (Wildman–Crippen LogP) is 2.40. The highest BCUT2D eigenvalue weighted by molar-refractivity contribution is 7.89. The van der Waals surface area contributed by atoms with Crippen LogP contribution in [-0.2, 0) is 10.0 Å². The van der Waals surface area contributed by atoms with Crippen molar-refractivity contribution in [1.29, 1.82) is 0 Å². The van der Waals surface area contributed by atoms with Crippen molar-refractivity contribution in [2.75, 3.05) is 19.6 Å². The largest absolute Gasteiger partial charge is 0.303 e. The maximum atomic E-state index is 12.8. The van der Waals surface area contributed by atoms with Gasteiger partial charge in [0.1, 0.15) is 5.82 Å². The molecular weight excluding hydrogens is 315 g/mol. The molecule has 120 valence electrons. The smallest absolute Gasteiger partial charge is 0.240 e. The first kappa shape index (κ1) is 18.4. The Morgan fingerprint density at radius 1 is 1.24 bits per heavy atom. The van der Waals surface area contributed by atoms with E-state index in [2.05, 4.69) is 16.5 Å². The molecule has 0 aromatic heterocycles. The highest BCUT2D eigenvalue weighted by atomic mass is 35.5. The van der Waals surface area contributed by atoms with E-state index in [4.69, 9.17) is 0 Å². The van der Waals surface area contributed by atoms with Gasteiger partial charge in [0.25, 0.3) is 0 Å². The van der Waals surface area contributed by atoms with Crippen molar-refractivity contribution in [3.05, 3.63) is 30.1 Å². The van der Waals surface area contributed by atoms with Crippen molar-refractivity contribution < 1.29 is 12.8 Å². The predicted molar refractivity (Wildman–Crippen MR) is 83.7 cm³/mol. The average molecular weight is 337 g/mol. The molecule has 1 N–H and O–H groups in total. The third-order valence-corrected chi connectivity index (χ3v) is 5.11.